The van der Waals surface area contributed by atoms with Crippen molar-refractivity contribution >= 4 is 17.4 Å². The second-order valence-electron chi connectivity index (χ2n) is 4.13. The number of hydrogen-bond acceptors (Lipinski definition) is 2. The Hall–Kier alpha value is -1.02. The van der Waals surface area contributed by atoms with Gasteiger partial charge in [0, 0.05) is 6.54 Å². The topological polar surface area (TPSA) is 24.9 Å². The Kier molecular flexibility index (Phi) is 4.23. The van der Waals surface area contributed by atoms with Crippen molar-refractivity contribution in [3.63, 3.8) is 0 Å². The highest BCUT2D eigenvalue weighted by atomic mass is 35.5. The van der Waals surface area contributed by atoms with Gasteiger partial charge in [-0.1, -0.05) is 29.3 Å². The molecule has 0 spiro atoms. The quantitative estimate of drug-likeness (QED) is 0.631. The number of halogens is 1. The number of anilines is 1. The number of rotatable bonds is 4. The second kappa shape index (κ2) is 5.90. The number of nitrogens with zero attached hydrogens (tertiary/aromatic N) is 1. The van der Waals surface area contributed by atoms with Crippen LogP contribution in [0.5, 0.6) is 0 Å². The van der Waals surface area contributed by atoms with Crippen LogP contribution in [0.3, 0.4) is 0 Å². The highest BCUT2D eigenvalue weighted by molar-refractivity contribution is 6.29. The summed E-state index contributed by atoms with van der Waals surface area (Å²) in [4.78, 5) is 4.19. The molecule has 16 heavy (non-hydrogen) atoms. The summed E-state index contributed by atoms with van der Waals surface area (Å²) in [6.45, 7) is 0.944. The van der Waals surface area contributed by atoms with Crippen LogP contribution in [-0.4, -0.2) is 11.5 Å². The summed E-state index contributed by atoms with van der Waals surface area (Å²) in [6, 6.07) is 5.65. The molecule has 2 nitrogen and oxygen atoms in total. The fourth-order valence-electron chi connectivity index (χ4n) is 1.99. The lowest BCUT2D eigenvalue weighted by atomic mass is 9.97. The van der Waals surface area contributed by atoms with E-state index in [1.165, 1.54) is 25.7 Å². The molecule has 86 valence electrons. The zero-order valence-corrected chi connectivity index (χ0v) is 10.1. The molecule has 0 saturated heterocycles. The summed E-state index contributed by atoms with van der Waals surface area (Å²) >= 11 is 5.81. The Balaban J connectivity index is 1.77. The molecule has 1 aromatic heterocycles. The molecule has 1 aromatic rings. The molecule has 0 amide bonds. The summed E-state index contributed by atoms with van der Waals surface area (Å²) in [5.74, 6) is 0.865. The van der Waals surface area contributed by atoms with E-state index < -0.39 is 0 Å². The van der Waals surface area contributed by atoms with Crippen LogP contribution in [0.1, 0.15) is 32.1 Å². The molecular formula is C13H17ClN2. The fourth-order valence-corrected chi connectivity index (χ4v) is 2.15. The monoisotopic (exact) mass is 236 g/mol. The highest BCUT2D eigenvalue weighted by Crippen LogP contribution is 2.20. The number of aromatic nitrogens is 1. The highest BCUT2D eigenvalue weighted by Gasteiger charge is 2.03. The normalized spacial score (nSPS) is 15.7. The van der Waals surface area contributed by atoms with Gasteiger partial charge in [0.15, 0.2) is 0 Å². The molecule has 0 unspecified atom stereocenters. The lowest BCUT2D eigenvalue weighted by Crippen LogP contribution is -2.05. The molecule has 0 aliphatic heterocycles. The van der Waals surface area contributed by atoms with Crippen molar-refractivity contribution in [2.75, 3.05) is 11.9 Å². The Morgan fingerprint density at radius 3 is 3.00 bits per heavy atom. The van der Waals surface area contributed by atoms with Gasteiger partial charge in [-0.3, -0.25) is 0 Å². The summed E-state index contributed by atoms with van der Waals surface area (Å²) in [7, 11) is 0. The first-order chi connectivity index (χ1) is 7.84. The number of pyridine rings is 1. The minimum Gasteiger partial charge on any atom is -0.370 e. The maximum absolute atomic E-state index is 5.81. The van der Waals surface area contributed by atoms with Crippen LogP contribution in [0, 0.1) is 0 Å². The van der Waals surface area contributed by atoms with Gasteiger partial charge in [0.05, 0.1) is 0 Å². The minimum absolute atomic E-state index is 0.543. The Labute approximate surface area is 102 Å². The third-order valence-corrected chi connectivity index (χ3v) is 3.06. The van der Waals surface area contributed by atoms with Crippen molar-refractivity contribution in [2.45, 2.75) is 32.1 Å². The van der Waals surface area contributed by atoms with E-state index in [4.69, 9.17) is 11.6 Å². The molecular weight excluding hydrogens is 220 g/mol. The molecule has 0 atom stereocenters. The molecule has 0 fully saturated rings. The van der Waals surface area contributed by atoms with Gasteiger partial charge in [0.2, 0.25) is 0 Å². The third kappa shape index (κ3) is 3.53. The molecule has 1 N–H and O–H groups in total. The van der Waals surface area contributed by atoms with Crippen LogP contribution in [0.25, 0.3) is 0 Å². The number of hydrogen-bond donors (Lipinski definition) is 1. The molecule has 0 bridgehead atoms. The van der Waals surface area contributed by atoms with Crippen molar-refractivity contribution in [2.24, 2.45) is 0 Å². The van der Waals surface area contributed by atoms with Gasteiger partial charge in [-0.05, 0) is 44.2 Å². The third-order valence-electron chi connectivity index (χ3n) is 2.85. The van der Waals surface area contributed by atoms with E-state index in [0.717, 1.165) is 18.8 Å². The SMILES string of the molecule is Clc1cccc(NCCC2=CCCCC2)n1. The molecule has 1 heterocycles. The van der Waals surface area contributed by atoms with E-state index in [0.29, 0.717) is 5.15 Å². The largest absolute Gasteiger partial charge is 0.370 e. The van der Waals surface area contributed by atoms with E-state index in [-0.39, 0.29) is 0 Å². The van der Waals surface area contributed by atoms with Gasteiger partial charge in [0.25, 0.3) is 0 Å². The first-order valence-electron chi connectivity index (χ1n) is 5.89. The molecule has 1 aliphatic carbocycles. The second-order valence-corrected chi connectivity index (χ2v) is 4.52. The van der Waals surface area contributed by atoms with Crippen molar-refractivity contribution in [1.82, 2.24) is 4.98 Å². The van der Waals surface area contributed by atoms with E-state index in [2.05, 4.69) is 16.4 Å². The zero-order chi connectivity index (χ0) is 11.2. The van der Waals surface area contributed by atoms with Crippen molar-refractivity contribution in [3.05, 3.63) is 35.0 Å². The van der Waals surface area contributed by atoms with Crippen LogP contribution >= 0.6 is 11.6 Å². The van der Waals surface area contributed by atoms with E-state index in [1.54, 1.807) is 11.6 Å². The van der Waals surface area contributed by atoms with Crippen LogP contribution in [0.2, 0.25) is 5.15 Å². The summed E-state index contributed by atoms with van der Waals surface area (Å²) in [5.41, 5.74) is 1.58. The zero-order valence-electron chi connectivity index (χ0n) is 9.38. The van der Waals surface area contributed by atoms with Crippen molar-refractivity contribution in [1.29, 1.82) is 0 Å². The number of allylic oxidation sites excluding steroid dienone is 1. The van der Waals surface area contributed by atoms with Gasteiger partial charge < -0.3 is 5.32 Å². The van der Waals surface area contributed by atoms with Gasteiger partial charge in [0.1, 0.15) is 11.0 Å². The summed E-state index contributed by atoms with van der Waals surface area (Å²) in [5, 5.41) is 3.84. The Morgan fingerprint density at radius 1 is 1.31 bits per heavy atom. The first-order valence-corrected chi connectivity index (χ1v) is 6.27. The smallest absolute Gasteiger partial charge is 0.131 e. The van der Waals surface area contributed by atoms with E-state index >= 15 is 0 Å². The Bertz CT molecular complexity index is 374. The predicted octanol–water partition coefficient (Wildman–Crippen LogP) is 4.04. The maximum Gasteiger partial charge on any atom is 0.131 e. The van der Waals surface area contributed by atoms with Gasteiger partial charge >= 0.3 is 0 Å². The molecule has 2 rings (SSSR count). The summed E-state index contributed by atoms with van der Waals surface area (Å²) in [6.07, 6.45) is 8.73. The van der Waals surface area contributed by atoms with E-state index in [1.807, 2.05) is 12.1 Å². The fraction of sp³-hybridized carbons (Fsp3) is 0.462. The summed E-state index contributed by atoms with van der Waals surface area (Å²) < 4.78 is 0. The molecule has 0 aromatic carbocycles. The molecule has 0 saturated carbocycles. The van der Waals surface area contributed by atoms with Gasteiger partial charge in [-0.15, -0.1) is 0 Å². The van der Waals surface area contributed by atoms with Crippen LogP contribution in [0.15, 0.2) is 29.8 Å². The standard InChI is InChI=1S/C13H17ClN2/c14-12-7-4-8-13(16-12)15-10-9-11-5-2-1-3-6-11/h4-5,7-8H,1-3,6,9-10H2,(H,15,16). The molecule has 0 radical (unpaired) electrons. The lowest BCUT2D eigenvalue weighted by molar-refractivity contribution is 0.679. The van der Waals surface area contributed by atoms with Gasteiger partial charge in [-0.2, -0.15) is 0 Å². The Morgan fingerprint density at radius 2 is 2.25 bits per heavy atom. The average molecular weight is 237 g/mol. The number of nitrogens with one attached hydrogen (secondary N) is 1. The van der Waals surface area contributed by atoms with Gasteiger partial charge in [-0.25, -0.2) is 4.98 Å². The first kappa shape index (κ1) is 11.5. The lowest BCUT2D eigenvalue weighted by Gasteiger charge is -2.13. The maximum atomic E-state index is 5.81. The van der Waals surface area contributed by atoms with Crippen LogP contribution < -0.4 is 5.32 Å². The minimum atomic E-state index is 0.543. The van der Waals surface area contributed by atoms with Crippen LogP contribution in [0.4, 0.5) is 5.82 Å². The molecule has 1 aliphatic rings. The van der Waals surface area contributed by atoms with Crippen LogP contribution in [-0.2, 0) is 0 Å². The van der Waals surface area contributed by atoms with Crippen molar-refractivity contribution < 1.29 is 0 Å². The van der Waals surface area contributed by atoms with E-state index in [9.17, 15) is 0 Å². The predicted molar refractivity (Wildman–Crippen MR) is 68.9 cm³/mol. The average Bonchev–Trinajstić information content (AvgIpc) is 2.30. The molecule has 3 heteroatoms. The van der Waals surface area contributed by atoms with Crippen molar-refractivity contribution in [3.8, 4) is 0 Å².